The molecule has 1 atom stereocenters. The van der Waals surface area contributed by atoms with Gasteiger partial charge < -0.3 is 14.2 Å². The predicted molar refractivity (Wildman–Crippen MR) is 48.1 cm³/mol. The predicted octanol–water partition coefficient (Wildman–Crippen LogP) is 1.61. The molecule has 0 radical (unpaired) electrons. The number of ether oxygens (including phenoxy) is 3. The van der Waals surface area contributed by atoms with Crippen molar-refractivity contribution in [2.24, 2.45) is 0 Å². The van der Waals surface area contributed by atoms with Crippen LogP contribution in [-0.4, -0.2) is 25.6 Å². The molecule has 1 unspecified atom stereocenters. The van der Waals surface area contributed by atoms with E-state index >= 15 is 0 Å². The second-order valence-corrected chi connectivity index (χ2v) is 3.46. The molecule has 2 heterocycles. The molecule has 13 heavy (non-hydrogen) atoms. The van der Waals surface area contributed by atoms with Crippen molar-refractivity contribution in [1.29, 1.82) is 0 Å². The lowest BCUT2D eigenvalue weighted by Gasteiger charge is -2.41. The summed E-state index contributed by atoms with van der Waals surface area (Å²) in [4.78, 5) is 0. The molecule has 2 aliphatic heterocycles. The largest absolute Gasteiger partial charge is 0.468 e. The lowest BCUT2D eigenvalue weighted by molar-refractivity contribution is -0.178. The molecule has 1 spiro atoms. The van der Waals surface area contributed by atoms with Gasteiger partial charge in [0.05, 0.1) is 6.61 Å². The van der Waals surface area contributed by atoms with Gasteiger partial charge in [0.15, 0.2) is 6.79 Å². The molecule has 0 aliphatic carbocycles. The molecular weight excluding hydrogens is 168 g/mol. The summed E-state index contributed by atoms with van der Waals surface area (Å²) in [5.41, 5.74) is 0.478. The van der Waals surface area contributed by atoms with E-state index in [1.165, 1.54) is 0 Å². The minimum Gasteiger partial charge on any atom is -0.468 e. The second kappa shape index (κ2) is 3.16. The number of hydrogen-bond donors (Lipinski definition) is 0. The third kappa shape index (κ3) is 1.38. The van der Waals surface area contributed by atoms with Gasteiger partial charge in [-0.05, 0) is 12.8 Å². The highest BCUT2D eigenvalue weighted by molar-refractivity contribution is 5.32. The molecule has 0 bridgehead atoms. The molecule has 0 aromatic carbocycles. The summed E-state index contributed by atoms with van der Waals surface area (Å²) < 4.78 is 16.1. The maximum absolute atomic E-state index is 5.58. The first-order chi connectivity index (χ1) is 6.25. The summed E-state index contributed by atoms with van der Waals surface area (Å²) >= 11 is 0. The standard InChI is InChI=1S/C10H14O3/c1-8-9(2)12-7-13-10(8)4-3-5-11-6-10/h1-7H2. The Kier molecular flexibility index (Phi) is 2.14. The third-order valence-electron chi connectivity index (χ3n) is 2.66. The van der Waals surface area contributed by atoms with E-state index in [4.69, 9.17) is 14.2 Å². The summed E-state index contributed by atoms with van der Waals surface area (Å²) in [5.74, 6) is 0.636. The highest BCUT2D eigenvalue weighted by atomic mass is 16.7. The SMILES string of the molecule is C=C1OCOC2(CCCOC2)C1=C. The molecule has 2 saturated heterocycles. The van der Waals surface area contributed by atoms with Gasteiger partial charge in [-0.3, -0.25) is 0 Å². The van der Waals surface area contributed by atoms with Crippen molar-refractivity contribution in [3.63, 3.8) is 0 Å². The zero-order chi connectivity index (χ0) is 9.31. The Balaban J connectivity index is 2.18. The molecule has 0 saturated carbocycles. The van der Waals surface area contributed by atoms with Gasteiger partial charge in [-0.15, -0.1) is 0 Å². The second-order valence-electron chi connectivity index (χ2n) is 3.46. The summed E-state index contributed by atoms with van der Waals surface area (Å²) in [7, 11) is 0. The van der Waals surface area contributed by atoms with E-state index in [1.807, 2.05) is 0 Å². The van der Waals surface area contributed by atoms with E-state index in [0.29, 0.717) is 12.4 Å². The Morgan fingerprint density at radius 3 is 2.85 bits per heavy atom. The monoisotopic (exact) mass is 182 g/mol. The van der Waals surface area contributed by atoms with Crippen molar-refractivity contribution in [3.05, 3.63) is 24.5 Å². The Labute approximate surface area is 78.0 Å². The van der Waals surface area contributed by atoms with Crippen molar-refractivity contribution >= 4 is 0 Å². The van der Waals surface area contributed by atoms with Gasteiger partial charge in [-0.25, -0.2) is 0 Å². The van der Waals surface area contributed by atoms with Crippen LogP contribution >= 0.6 is 0 Å². The van der Waals surface area contributed by atoms with E-state index in [-0.39, 0.29) is 12.4 Å². The first-order valence-electron chi connectivity index (χ1n) is 4.48. The van der Waals surface area contributed by atoms with Gasteiger partial charge in [0, 0.05) is 12.2 Å². The molecular formula is C10H14O3. The van der Waals surface area contributed by atoms with Gasteiger partial charge in [0.25, 0.3) is 0 Å². The molecule has 2 rings (SSSR count). The average molecular weight is 182 g/mol. The summed E-state index contributed by atoms with van der Waals surface area (Å²) in [6.45, 7) is 9.38. The van der Waals surface area contributed by atoms with Crippen molar-refractivity contribution < 1.29 is 14.2 Å². The Hall–Kier alpha value is -0.800. The smallest absolute Gasteiger partial charge is 0.190 e. The molecule has 0 amide bonds. The topological polar surface area (TPSA) is 27.7 Å². The van der Waals surface area contributed by atoms with E-state index < -0.39 is 0 Å². The van der Waals surface area contributed by atoms with Gasteiger partial charge >= 0.3 is 0 Å². The summed E-state index contributed by atoms with van der Waals surface area (Å²) in [6, 6.07) is 0. The zero-order valence-electron chi connectivity index (χ0n) is 7.67. The van der Waals surface area contributed by atoms with Crippen molar-refractivity contribution in [1.82, 2.24) is 0 Å². The van der Waals surface area contributed by atoms with Crippen LogP contribution in [0.25, 0.3) is 0 Å². The number of rotatable bonds is 0. The van der Waals surface area contributed by atoms with Gasteiger partial charge in [0.1, 0.15) is 11.4 Å². The van der Waals surface area contributed by atoms with Crippen LogP contribution in [0.1, 0.15) is 12.8 Å². The lowest BCUT2D eigenvalue weighted by atomic mass is 9.87. The van der Waals surface area contributed by atoms with Crippen LogP contribution in [0.5, 0.6) is 0 Å². The Morgan fingerprint density at radius 1 is 1.31 bits per heavy atom. The first-order valence-corrected chi connectivity index (χ1v) is 4.48. The van der Waals surface area contributed by atoms with Gasteiger partial charge in [0.2, 0.25) is 0 Å². The minimum atomic E-state index is -0.354. The van der Waals surface area contributed by atoms with E-state index in [9.17, 15) is 0 Å². The maximum Gasteiger partial charge on any atom is 0.190 e. The summed E-state index contributed by atoms with van der Waals surface area (Å²) in [5, 5.41) is 0. The van der Waals surface area contributed by atoms with Gasteiger partial charge in [-0.1, -0.05) is 13.2 Å². The minimum absolute atomic E-state index is 0.265. The van der Waals surface area contributed by atoms with Crippen LogP contribution < -0.4 is 0 Å². The fraction of sp³-hybridized carbons (Fsp3) is 0.600. The van der Waals surface area contributed by atoms with Crippen molar-refractivity contribution in [3.8, 4) is 0 Å². The molecule has 3 nitrogen and oxygen atoms in total. The van der Waals surface area contributed by atoms with Crippen LogP contribution in [0, 0.1) is 0 Å². The summed E-state index contributed by atoms with van der Waals surface area (Å²) in [6.07, 6.45) is 1.96. The molecule has 2 aliphatic rings. The van der Waals surface area contributed by atoms with Crippen LogP contribution in [0.3, 0.4) is 0 Å². The molecule has 0 N–H and O–H groups in total. The van der Waals surface area contributed by atoms with E-state index in [1.54, 1.807) is 0 Å². The van der Waals surface area contributed by atoms with Crippen LogP contribution in [-0.2, 0) is 14.2 Å². The Bertz CT molecular complexity index is 233. The number of hydrogen-bond acceptors (Lipinski definition) is 3. The first kappa shape index (κ1) is 8.78. The fourth-order valence-corrected chi connectivity index (χ4v) is 1.76. The maximum atomic E-state index is 5.58. The quantitative estimate of drug-likeness (QED) is 0.569. The van der Waals surface area contributed by atoms with Gasteiger partial charge in [-0.2, -0.15) is 0 Å². The van der Waals surface area contributed by atoms with Crippen LogP contribution in [0.15, 0.2) is 24.5 Å². The van der Waals surface area contributed by atoms with Crippen molar-refractivity contribution in [2.45, 2.75) is 18.4 Å². The van der Waals surface area contributed by atoms with Crippen LogP contribution in [0.2, 0.25) is 0 Å². The average Bonchev–Trinajstić information content (AvgIpc) is 2.16. The van der Waals surface area contributed by atoms with E-state index in [2.05, 4.69) is 13.2 Å². The van der Waals surface area contributed by atoms with Crippen LogP contribution in [0.4, 0.5) is 0 Å². The van der Waals surface area contributed by atoms with E-state index in [0.717, 1.165) is 25.0 Å². The molecule has 0 aromatic rings. The highest BCUT2D eigenvalue weighted by Gasteiger charge is 2.41. The molecule has 0 aromatic heterocycles. The fourth-order valence-electron chi connectivity index (χ4n) is 1.76. The third-order valence-corrected chi connectivity index (χ3v) is 2.66. The molecule has 2 fully saturated rings. The normalized spacial score (nSPS) is 34.8. The molecule has 3 heteroatoms. The highest BCUT2D eigenvalue weighted by Crippen LogP contribution is 2.37. The zero-order valence-corrected chi connectivity index (χ0v) is 7.67. The lowest BCUT2D eigenvalue weighted by Crippen LogP contribution is -2.46. The van der Waals surface area contributed by atoms with Crippen molar-refractivity contribution in [2.75, 3.05) is 20.0 Å². The molecule has 72 valence electrons. The Morgan fingerprint density at radius 2 is 2.15 bits per heavy atom.